The van der Waals surface area contributed by atoms with Crippen LogP contribution in [-0.2, 0) is 17.9 Å². The average molecular weight is 327 g/mol. The maximum Gasteiger partial charge on any atom is 0.0900 e. The van der Waals surface area contributed by atoms with E-state index in [0.29, 0.717) is 19.8 Å². The van der Waals surface area contributed by atoms with Crippen molar-refractivity contribution in [3.63, 3.8) is 0 Å². The Hall–Kier alpha value is -1.68. The Labute approximate surface area is 145 Å². The minimum Gasteiger partial charge on any atom is -0.389 e. The molecule has 2 rings (SSSR count). The van der Waals surface area contributed by atoms with Gasteiger partial charge in [-0.25, -0.2) is 0 Å². The van der Waals surface area contributed by atoms with E-state index in [9.17, 15) is 5.11 Å². The lowest BCUT2D eigenvalue weighted by molar-refractivity contribution is 0.00856. The highest BCUT2D eigenvalue weighted by Crippen LogP contribution is 2.09. The van der Waals surface area contributed by atoms with Crippen molar-refractivity contribution >= 4 is 0 Å². The zero-order chi connectivity index (χ0) is 17.2. The highest BCUT2D eigenvalue weighted by atomic mass is 16.5. The quantitative estimate of drug-likeness (QED) is 0.721. The largest absolute Gasteiger partial charge is 0.389 e. The topological polar surface area (TPSA) is 32.7 Å². The van der Waals surface area contributed by atoms with E-state index in [-0.39, 0.29) is 0 Å². The molecule has 0 aliphatic heterocycles. The van der Waals surface area contributed by atoms with Crippen molar-refractivity contribution < 1.29 is 9.84 Å². The summed E-state index contributed by atoms with van der Waals surface area (Å²) in [5.41, 5.74) is 3.70. The van der Waals surface area contributed by atoms with Crippen LogP contribution in [0.25, 0.3) is 0 Å². The summed E-state index contributed by atoms with van der Waals surface area (Å²) in [6.45, 7) is 7.67. The smallest absolute Gasteiger partial charge is 0.0900 e. The highest BCUT2D eigenvalue weighted by molar-refractivity contribution is 5.22. The predicted molar refractivity (Wildman–Crippen MR) is 98.9 cm³/mol. The maximum absolute atomic E-state index is 10.3. The molecule has 0 amide bonds. The molecule has 0 saturated carbocycles. The van der Waals surface area contributed by atoms with Gasteiger partial charge in [0.1, 0.15) is 0 Å². The molecule has 3 nitrogen and oxygen atoms in total. The number of aliphatic hydroxyl groups excluding tert-OH is 1. The van der Waals surface area contributed by atoms with Crippen molar-refractivity contribution in [2.24, 2.45) is 0 Å². The molecule has 0 radical (unpaired) electrons. The van der Waals surface area contributed by atoms with Gasteiger partial charge in [0.25, 0.3) is 0 Å². The Balaban J connectivity index is 1.78. The van der Waals surface area contributed by atoms with E-state index in [2.05, 4.69) is 43.0 Å². The number of rotatable bonds is 10. The Morgan fingerprint density at radius 3 is 2.50 bits per heavy atom. The first-order chi connectivity index (χ1) is 11.7. The summed E-state index contributed by atoms with van der Waals surface area (Å²) in [5.74, 6) is 0. The van der Waals surface area contributed by atoms with Gasteiger partial charge in [-0.15, -0.1) is 0 Å². The molecule has 0 heterocycles. The molecule has 2 aromatic carbocycles. The van der Waals surface area contributed by atoms with Crippen LogP contribution in [0.3, 0.4) is 0 Å². The molecule has 1 N–H and O–H groups in total. The van der Waals surface area contributed by atoms with Gasteiger partial charge < -0.3 is 9.84 Å². The van der Waals surface area contributed by atoms with Crippen molar-refractivity contribution in [3.8, 4) is 0 Å². The fraction of sp³-hybridized carbons (Fsp3) is 0.429. The molecule has 0 fully saturated rings. The van der Waals surface area contributed by atoms with Crippen LogP contribution in [0.4, 0.5) is 0 Å². The third kappa shape index (κ3) is 6.83. The van der Waals surface area contributed by atoms with E-state index in [1.54, 1.807) is 0 Å². The number of hydrogen-bond acceptors (Lipinski definition) is 3. The van der Waals surface area contributed by atoms with Gasteiger partial charge in [-0.05, 0) is 31.0 Å². The number of benzene rings is 2. The van der Waals surface area contributed by atoms with Crippen LogP contribution < -0.4 is 0 Å². The molecule has 2 aromatic rings. The fourth-order valence-corrected chi connectivity index (χ4v) is 2.86. The zero-order valence-electron chi connectivity index (χ0n) is 14.8. The SMILES string of the molecule is CCCN(Cc1cccc(C)c1)C[C@H](O)COCc1ccccc1. The summed E-state index contributed by atoms with van der Waals surface area (Å²) < 4.78 is 5.65. The van der Waals surface area contributed by atoms with Crippen LogP contribution >= 0.6 is 0 Å². The minimum absolute atomic E-state index is 0.364. The Morgan fingerprint density at radius 1 is 1.04 bits per heavy atom. The van der Waals surface area contributed by atoms with Gasteiger partial charge in [0.2, 0.25) is 0 Å². The summed E-state index contributed by atoms with van der Waals surface area (Å²) in [7, 11) is 0. The van der Waals surface area contributed by atoms with E-state index in [1.807, 2.05) is 30.3 Å². The monoisotopic (exact) mass is 327 g/mol. The number of aliphatic hydroxyl groups is 1. The molecule has 0 aliphatic rings. The molecule has 0 saturated heterocycles. The molecule has 24 heavy (non-hydrogen) atoms. The fourth-order valence-electron chi connectivity index (χ4n) is 2.86. The second-order valence-electron chi connectivity index (χ2n) is 6.38. The van der Waals surface area contributed by atoms with Crippen molar-refractivity contribution in [2.75, 3.05) is 19.7 Å². The van der Waals surface area contributed by atoms with Crippen molar-refractivity contribution in [1.82, 2.24) is 4.90 Å². The van der Waals surface area contributed by atoms with Crippen LogP contribution in [0.1, 0.15) is 30.0 Å². The molecule has 3 heteroatoms. The van der Waals surface area contributed by atoms with Crippen LogP contribution in [0.5, 0.6) is 0 Å². The molecule has 0 aromatic heterocycles. The molecule has 0 unspecified atom stereocenters. The van der Waals surface area contributed by atoms with Crippen molar-refractivity contribution in [2.45, 2.75) is 39.5 Å². The lowest BCUT2D eigenvalue weighted by Gasteiger charge is -2.25. The number of aryl methyl sites for hydroxylation is 1. The van der Waals surface area contributed by atoms with Gasteiger partial charge in [-0.2, -0.15) is 0 Å². The molecule has 0 bridgehead atoms. The first-order valence-electron chi connectivity index (χ1n) is 8.75. The van der Waals surface area contributed by atoms with E-state index >= 15 is 0 Å². The van der Waals surface area contributed by atoms with Gasteiger partial charge in [0.05, 0.1) is 19.3 Å². The second-order valence-corrected chi connectivity index (χ2v) is 6.38. The van der Waals surface area contributed by atoms with Crippen LogP contribution in [-0.4, -0.2) is 35.8 Å². The maximum atomic E-state index is 10.3. The van der Waals surface area contributed by atoms with Crippen molar-refractivity contribution in [1.29, 1.82) is 0 Å². The number of ether oxygens (including phenoxy) is 1. The minimum atomic E-state index is -0.468. The lowest BCUT2D eigenvalue weighted by atomic mass is 10.1. The standard InChI is InChI=1S/C21H29NO2/c1-3-12-22(14-20-11-7-8-18(2)13-20)15-21(23)17-24-16-19-9-5-4-6-10-19/h4-11,13,21,23H,3,12,14-17H2,1-2H3/t21-/m0/s1. The van der Waals surface area contributed by atoms with Gasteiger partial charge in [0.15, 0.2) is 0 Å². The summed E-state index contributed by atoms with van der Waals surface area (Å²) in [5, 5.41) is 10.3. The van der Waals surface area contributed by atoms with Gasteiger partial charge in [-0.3, -0.25) is 4.90 Å². The Morgan fingerprint density at radius 2 is 1.79 bits per heavy atom. The molecule has 1 atom stereocenters. The van der Waals surface area contributed by atoms with Gasteiger partial charge in [0, 0.05) is 13.1 Å². The van der Waals surface area contributed by atoms with Gasteiger partial charge >= 0.3 is 0 Å². The summed E-state index contributed by atoms with van der Waals surface area (Å²) in [4.78, 5) is 2.30. The second kappa shape index (κ2) is 10.2. The van der Waals surface area contributed by atoms with E-state index in [0.717, 1.165) is 25.1 Å². The first kappa shape index (κ1) is 18.7. The average Bonchev–Trinajstić information content (AvgIpc) is 2.56. The molecule has 0 aliphatic carbocycles. The molecule has 0 spiro atoms. The summed E-state index contributed by atoms with van der Waals surface area (Å²) in [6.07, 6.45) is 0.605. The lowest BCUT2D eigenvalue weighted by Crippen LogP contribution is -2.35. The van der Waals surface area contributed by atoms with Crippen LogP contribution in [0.2, 0.25) is 0 Å². The summed E-state index contributed by atoms with van der Waals surface area (Å²) >= 11 is 0. The van der Waals surface area contributed by atoms with Crippen LogP contribution in [0.15, 0.2) is 54.6 Å². The number of nitrogens with zero attached hydrogens (tertiary/aromatic N) is 1. The third-order valence-electron chi connectivity index (χ3n) is 3.92. The molecule has 130 valence electrons. The third-order valence-corrected chi connectivity index (χ3v) is 3.92. The molecular weight excluding hydrogens is 298 g/mol. The Kier molecular flexibility index (Phi) is 7.96. The van der Waals surface area contributed by atoms with Crippen molar-refractivity contribution in [3.05, 3.63) is 71.3 Å². The van der Waals surface area contributed by atoms with E-state index in [4.69, 9.17) is 4.74 Å². The highest BCUT2D eigenvalue weighted by Gasteiger charge is 2.12. The van der Waals surface area contributed by atoms with Gasteiger partial charge in [-0.1, -0.05) is 67.1 Å². The van der Waals surface area contributed by atoms with E-state index < -0.39 is 6.10 Å². The summed E-state index contributed by atoms with van der Waals surface area (Å²) in [6, 6.07) is 18.6. The normalized spacial score (nSPS) is 12.5. The molecular formula is C21H29NO2. The number of hydrogen-bond donors (Lipinski definition) is 1. The Bertz CT molecular complexity index is 585. The van der Waals surface area contributed by atoms with Crippen LogP contribution in [0, 0.1) is 6.92 Å². The first-order valence-corrected chi connectivity index (χ1v) is 8.75. The zero-order valence-corrected chi connectivity index (χ0v) is 14.8. The predicted octanol–water partition coefficient (Wildman–Crippen LogP) is 3.78. The van der Waals surface area contributed by atoms with E-state index in [1.165, 1.54) is 11.1 Å².